The molecule has 0 bridgehead atoms. The Morgan fingerprint density at radius 2 is 2.04 bits per heavy atom. The highest BCUT2D eigenvalue weighted by atomic mass is 19.1. The van der Waals surface area contributed by atoms with Crippen molar-refractivity contribution >= 4 is 11.9 Å². The fourth-order valence-corrected chi connectivity index (χ4v) is 2.65. The standard InChI is InChI=1S/C18H15F2NO4/c1-24-18(23)10-2-5-16-11(6-10)7-13(25-16)9-21-17(22)14-8-12(19)3-4-15(14)20/h2-6,8,13H,7,9H2,1H3,(H,21,22). The van der Waals surface area contributed by atoms with Crippen molar-refractivity contribution in [1.82, 2.24) is 5.32 Å². The molecule has 1 N–H and O–H groups in total. The molecule has 1 aliphatic heterocycles. The van der Waals surface area contributed by atoms with Crippen molar-refractivity contribution < 1.29 is 27.8 Å². The minimum atomic E-state index is -0.794. The minimum absolute atomic E-state index is 0.122. The molecule has 25 heavy (non-hydrogen) atoms. The molecule has 0 aromatic heterocycles. The number of nitrogens with one attached hydrogen (secondary N) is 1. The fourth-order valence-electron chi connectivity index (χ4n) is 2.65. The Morgan fingerprint density at radius 3 is 2.80 bits per heavy atom. The molecule has 0 spiro atoms. The number of fused-ring (bicyclic) bond motifs is 1. The lowest BCUT2D eigenvalue weighted by Gasteiger charge is -2.12. The number of rotatable bonds is 4. The Hall–Kier alpha value is -2.96. The third-order valence-electron chi connectivity index (χ3n) is 3.89. The van der Waals surface area contributed by atoms with Gasteiger partial charge in [-0.05, 0) is 42.0 Å². The highest BCUT2D eigenvalue weighted by Gasteiger charge is 2.25. The van der Waals surface area contributed by atoms with Crippen LogP contribution in [-0.4, -0.2) is 31.6 Å². The molecule has 130 valence electrons. The van der Waals surface area contributed by atoms with Crippen LogP contribution < -0.4 is 10.1 Å². The second kappa shape index (κ2) is 6.88. The van der Waals surface area contributed by atoms with Gasteiger partial charge in [0.15, 0.2) is 0 Å². The summed E-state index contributed by atoms with van der Waals surface area (Å²) in [5.41, 5.74) is 0.874. The number of methoxy groups -OCH3 is 1. The highest BCUT2D eigenvalue weighted by molar-refractivity contribution is 5.94. The molecule has 2 aromatic carbocycles. The predicted molar refractivity (Wildman–Crippen MR) is 84.6 cm³/mol. The normalized spacial score (nSPS) is 15.2. The average molecular weight is 347 g/mol. The fraction of sp³-hybridized carbons (Fsp3) is 0.222. The second-order valence-corrected chi connectivity index (χ2v) is 5.59. The summed E-state index contributed by atoms with van der Waals surface area (Å²) >= 11 is 0. The second-order valence-electron chi connectivity index (χ2n) is 5.59. The van der Waals surface area contributed by atoms with Crippen LogP contribution in [0.15, 0.2) is 36.4 Å². The van der Waals surface area contributed by atoms with Crippen LogP contribution in [0.3, 0.4) is 0 Å². The largest absolute Gasteiger partial charge is 0.488 e. The molecule has 0 fully saturated rings. The summed E-state index contributed by atoms with van der Waals surface area (Å²) in [6.45, 7) is 0.122. The third-order valence-corrected chi connectivity index (χ3v) is 3.89. The molecular weight excluding hydrogens is 332 g/mol. The van der Waals surface area contributed by atoms with Crippen molar-refractivity contribution in [3.63, 3.8) is 0 Å². The topological polar surface area (TPSA) is 64.6 Å². The Kier molecular flexibility index (Phi) is 4.65. The van der Waals surface area contributed by atoms with Gasteiger partial charge in [-0.25, -0.2) is 13.6 Å². The monoisotopic (exact) mass is 347 g/mol. The minimum Gasteiger partial charge on any atom is -0.488 e. The molecule has 2 aromatic rings. The van der Waals surface area contributed by atoms with Gasteiger partial charge in [0, 0.05) is 6.42 Å². The smallest absolute Gasteiger partial charge is 0.337 e. The maximum atomic E-state index is 13.6. The molecule has 1 amide bonds. The van der Waals surface area contributed by atoms with Gasteiger partial charge in [0.25, 0.3) is 5.91 Å². The molecule has 0 aliphatic carbocycles. The molecular formula is C18H15F2NO4. The molecule has 0 saturated heterocycles. The van der Waals surface area contributed by atoms with Gasteiger partial charge >= 0.3 is 5.97 Å². The van der Waals surface area contributed by atoms with Crippen LogP contribution in [0.1, 0.15) is 26.3 Å². The summed E-state index contributed by atoms with van der Waals surface area (Å²) in [5.74, 6) is -2.03. The van der Waals surface area contributed by atoms with Crippen LogP contribution in [0.4, 0.5) is 8.78 Å². The van der Waals surface area contributed by atoms with Crippen LogP contribution in [0.25, 0.3) is 0 Å². The van der Waals surface area contributed by atoms with Crippen LogP contribution in [-0.2, 0) is 11.2 Å². The van der Waals surface area contributed by atoms with Crippen LogP contribution in [0.2, 0.25) is 0 Å². The number of ether oxygens (including phenoxy) is 2. The van der Waals surface area contributed by atoms with Crippen LogP contribution in [0, 0.1) is 11.6 Å². The van der Waals surface area contributed by atoms with Crippen molar-refractivity contribution in [3.8, 4) is 5.75 Å². The van der Waals surface area contributed by atoms with E-state index in [-0.39, 0.29) is 18.2 Å². The first-order valence-electron chi connectivity index (χ1n) is 7.59. The summed E-state index contributed by atoms with van der Waals surface area (Å²) < 4.78 is 37.1. The van der Waals surface area contributed by atoms with Gasteiger partial charge in [0.05, 0.1) is 24.8 Å². The van der Waals surface area contributed by atoms with E-state index in [0.717, 1.165) is 23.8 Å². The van der Waals surface area contributed by atoms with Crippen LogP contribution in [0.5, 0.6) is 5.75 Å². The van der Waals surface area contributed by atoms with Gasteiger partial charge in [0.1, 0.15) is 23.5 Å². The highest BCUT2D eigenvalue weighted by Crippen LogP contribution is 2.29. The van der Waals surface area contributed by atoms with E-state index in [1.807, 2.05) is 0 Å². The predicted octanol–water partition coefficient (Wildman–Crippen LogP) is 2.48. The van der Waals surface area contributed by atoms with Gasteiger partial charge in [-0.2, -0.15) is 0 Å². The van der Waals surface area contributed by atoms with E-state index in [9.17, 15) is 18.4 Å². The average Bonchev–Trinajstić information content (AvgIpc) is 3.03. The Balaban J connectivity index is 1.62. The molecule has 1 unspecified atom stereocenters. The summed E-state index contributed by atoms with van der Waals surface area (Å²) in [7, 11) is 1.30. The van der Waals surface area contributed by atoms with Gasteiger partial charge < -0.3 is 14.8 Å². The number of amides is 1. The Labute approximate surface area is 142 Å². The molecule has 0 radical (unpaired) electrons. The number of halogens is 2. The first-order chi connectivity index (χ1) is 12.0. The Bertz CT molecular complexity index is 838. The SMILES string of the molecule is COC(=O)c1ccc2c(c1)CC(CNC(=O)c1cc(F)ccc1F)O2. The third kappa shape index (κ3) is 3.60. The Morgan fingerprint density at radius 1 is 1.24 bits per heavy atom. The number of hydrogen-bond donors (Lipinski definition) is 1. The lowest BCUT2D eigenvalue weighted by Crippen LogP contribution is -2.34. The zero-order valence-corrected chi connectivity index (χ0v) is 13.3. The lowest BCUT2D eigenvalue weighted by atomic mass is 10.1. The molecule has 0 saturated carbocycles. The lowest BCUT2D eigenvalue weighted by molar-refractivity contribution is 0.0600. The molecule has 1 aliphatic rings. The van der Waals surface area contributed by atoms with Crippen molar-refractivity contribution in [2.24, 2.45) is 0 Å². The molecule has 7 heteroatoms. The van der Waals surface area contributed by atoms with E-state index in [1.54, 1.807) is 18.2 Å². The molecule has 1 heterocycles. The summed E-state index contributed by atoms with van der Waals surface area (Å²) in [4.78, 5) is 23.5. The summed E-state index contributed by atoms with van der Waals surface area (Å²) in [5, 5.41) is 2.53. The van der Waals surface area contributed by atoms with E-state index >= 15 is 0 Å². The summed E-state index contributed by atoms with van der Waals surface area (Å²) in [6, 6.07) is 7.62. The number of carbonyl (C=O) groups excluding carboxylic acids is 2. The maximum Gasteiger partial charge on any atom is 0.337 e. The molecule has 1 atom stereocenters. The summed E-state index contributed by atoms with van der Waals surface area (Å²) in [6.07, 6.45) is 0.120. The van der Waals surface area contributed by atoms with E-state index in [2.05, 4.69) is 10.1 Å². The van der Waals surface area contributed by atoms with E-state index in [1.165, 1.54) is 7.11 Å². The quantitative estimate of drug-likeness (QED) is 0.863. The van der Waals surface area contributed by atoms with Crippen molar-refractivity contribution in [2.75, 3.05) is 13.7 Å². The number of esters is 1. The first kappa shape index (κ1) is 16.9. The number of carbonyl (C=O) groups is 2. The van der Waals surface area contributed by atoms with Crippen molar-refractivity contribution in [1.29, 1.82) is 0 Å². The molecule has 5 nitrogen and oxygen atoms in total. The zero-order chi connectivity index (χ0) is 18.0. The first-order valence-corrected chi connectivity index (χ1v) is 7.59. The van der Waals surface area contributed by atoms with Gasteiger partial charge in [-0.1, -0.05) is 0 Å². The van der Waals surface area contributed by atoms with E-state index in [4.69, 9.17) is 4.74 Å². The number of hydrogen-bond acceptors (Lipinski definition) is 4. The van der Waals surface area contributed by atoms with E-state index < -0.39 is 23.5 Å². The maximum absolute atomic E-state index is 13.6. The molecule has 3 rings (SSSR count). The zero-order valence-electron chi connectivity index (χ0n) is 13.3. The van der Waals surface area contributed by atoms with Crippen molar-refractivity contribution in [2.45, 2.75) is 12.5 Å². The van der Waals surface area contributed by atoms with Gasteiger partial charge in [-0.3, -0.25) is 4.79 Å². The van der Waals surface area contributed by atoms with Crippen molar-refractivity contribution in [3.05, 3.63) is 64.7 Å². The number of benzene rings is 2. The van der Waals surface area contributed by atoms with Crippen LogP contribution >= 0.6 is 0 Å². The van der Waals surface area contributed by atoms with E-state index in [0.29, 0.717) is 17.7 Å². The van der Waals surface area contributed by atoms with Gasteiger partial charge in [-0.15, -0.1) is 0 Å². The van der Waals surface area contributed by atoms with Gasteiger partial charge in [0.2, 0.25) is 0 Å².